The second-order valence-electron chi connectivity index (χ2n) is 3.66. The van der Waals surface area contributed by atoms with E-state index in [2.05, 4.69) is 10.1 Å². The fourth-order valence-corrected chi connectivity index (χ4v) is 1.40. The molecule has 1 aromatic heterocycles. The Hall–Kier alpha value is -1.82. The Labute approximate surface area is 101 Å². The Kier molecular flexibility index (Phi) is 5.22. The number of oxime groups is 1. The third-order valence-corrected chi connectivity index (χ3v) is 2.38. The molecule has 0 aliphatic rings. The minimum absolute atomic E-state index is 0.0824. The van der Waals surface area contributed by atoms with Crippen LogP contribution in [0.15, 0.2) is 23.5 Å². The second-order valence-corrected chi connectivity index (χ2v) is 3.66. The lowest BCUT2D eigenvalue weighted by molar-refractivity contribution is 0.196. The Morgan fingerprint density at radius 1 is 1.65 bits per heavy atom. The molecule has 3 N–H and O–H groups in total. The highest BCUT2D eigenvalue weighted by atomic mass is 16.5. The van der Waals surface area contributed by atoms with Crippen molar-refractivity contribution >= 4 is 11.7 Å². The second kappa shape index (κ2) is 6.70. The van der Waals surface area contributed by atoms with Crippen LogP contribution in [0.1, 0.15) is 12.0 Å². The van der Waals surface area contributed by atoms with E-state index in [-0.39, 0.29) is 5.84 Å². The van der Waals surface area contributed by atoms with Gasteiger partial charge in [0.05, 0.1) is 0 Å². The molecule has 0 saturated carbocycles. The van der Waals surface area contributed by atoms with Gasteiger partial charge < -0.3 is 20.6 Å². The predicted molar refractivity (Wildman–Crippen MR) is 66.5 cm³/mol. The van der Waals surface area contributed by atoms with E-state index in [1.807, 2.05) is 11.9 Å². The summed E-state index contributed by atoms with van der Waals surface area (Å²) in [5, 5.41) is 11.6. The number of hydrogen-bond donors (Lipinski definition) is 2. The third-order valence-electron chi connectivity index (χ3n) is 2.38. The van der Waals surface area contributed by atoms with Crippen molar-refractivity contribution in [2.45, 2.75) is 6.42 Å². The average molecular weight is 238 g/mol. The maximum atomic E-state index is 8.60. The number of methoxy groups -OCH3 is 1. The van der Waals surface area contributed by atoms with Crippen LogP contribution in [0, 0.1) is 0 Å². The molecule has 0 radical (unpaired) electrons. The molecular formula is C11H18N4O2. The van der Waals surface area contributed by atoms with Crippen molar-refractivity contribution in [3.8, 4) is 0 Å². The van der Waals surface area contributed by atoms with E-state index >= 15 is 0 Å². The van der Waals surface area contributed by atoms with Gasteiger partial charge in [-0.05, 0) is 18.6 Å². The number of aromatic nitrogens is 1. The molecule has 1 heterocycles. The maximum absolute atomic E-state index is 8.60. The lowest BCUT2D eigenvalue weighted by Crippen LogP contribution is -2.22. The summed E-state index contributed by atoms with van der Waals surface area (Å²) in [5.41, 5.74) is 6.17. The van der Waals surface area contributed by atoms with Crippen LogP contribution in [-0.2, 0) is 4.74 Å². The number of rotatable bonds is 6. The predicted octanol–water partition coefficient (Wildman–Crippen LogP) is 0.649. The van der Waals surface area contributed by atoms with E-state index in [4.69, 9.17) is 15.7 Å². The fourth-order valence-electron chi connectivity index (χ4n) is 1.40. The van der Waals surface area contributed by atoms with Gasteiger partial charge in [-0.1, -0.05) is 5.16 Å². The van der Waals surface area contributed by atoms with Crippen LogP contribution < -0.4 is 10.6 Å². The molecule has 94 valence electrons. The zero-order valence-corrected chi connectivity index (χ0v) is 10.1. The summed E-state index contributed by atoms with van der Waals surface area (Å²) >= 11 is 0. The van der Waals surface area contributed by atoms with Crippen LogP contribution in [-0.4, -0.2) is 43.3 Å². The first-order valence-corrected chi connectivity index (χ1v) is 5.33. The number of ether oxygens (including phenoxy) is 1. The molecule has 6 nitrogen and oxygen atoms in total. The van der Waals surface area contributed by atoms with Gasteiger partial charge in [0.15, 0.2) is 5.84 Å². The molecule has 0 spiro atoms. The lowest BCUT2D eigenvalue weighted by Gasteiger charge is -2.18. The standard InChI is InChI=1S/C11H18N4O2/c1-15(6-3-7-17-2)10-8-9(4-5-13-10)11(12)14-16/h4-5,8,16H,3,6-7H2,1-2H3,(H2,12,14). The first-order chi connectivity index (χ1) is 8.19. The molecule has 1 rings (SSSR count). The molecule has 0 amide bonds. The molecule has 0 fully saturated rings. The first kappa shape index (κ1) is 13.2. The first-order valence-electron chi connectivity index (χ1n) is 5.33. The minimum Gasteiger partial charge on any atom is -0.409 e. The number of amidine groups is 1. The van der Waals surface area contributed by atoms with Crippen molar-refractivity contribution in [2.75, 3.05) is 32.2 Å². The number of nitrogens with zero attached hydrogens (tertiary/aromatic N) is 3. The zero-order valence-electron chi connectivity index (χ0n) is 10.1. The Morgan fingerprint density at radius 2 is 2.41 bits per heavy atom. The summed E-state index contributed by atoms with van der Waals surface area (Å²) in [7, 11) is 3.62. The average Bonchev–Trinajstić information content (AvgIpc) is 2.38. The number of anilines is 1. The van der Waals surface area contributed by atoms with E-state index in [0.717, 1.165) is 18.8 Å². The van der Waals surface area contributed by atoms with Crippen molar-refractivity contribution in [1.82, 2.24) is 4.98 Å². The van der Waals surface area contributed by atoms with Gasteiger partial charge in [-0.3, -0.25) is 0 Å². The van der Waals surface area contributed by atoms with Gasteiger partial charge >= 0.3 is 0 Å². The molecule has 0 aromatic carbocycles. The maximum Gasteiger partial charge on any atom is 0.170 e. The molecule has 6 heteroatoms. The molecule has 0 aliphatic carbocycles. The topological polar surface area (TPSA) is 84.0 Å². The van der Waals surface area contributed by atoms with Gasteiger partial charge in [0.2, 0.25) is 0 Å². The minimum atomic E-state index is 0.0824. The Morgan fingerprint density at radius 3 is 3.06 bits per heavy atom. The Balaban J connectivity index is 2.70. The van der Waals surface area contributed by atoms with Gasteiger partial charge in [0.1, 0.15) is 5.82 Å². The zero-order chi connectivity index (χ0) is 12.7. The van der Waals surface area contributed by atoms with Gasteiger partial charge in [-0.2, -0.15) is 0 Å². The molecule has 0 saturated heterocycles. The number of nitrogens with two attached hydrogens (primary N) is 1. The summed E-state index contributed by atoms with van der Waals surface area (Å²) in [4.78, 5) is 6.22. The summed E-state index contributed by atoms with van der Waals surface area (Å²) < 4.78 is 4.99. The fraction of sp³-hybridized carbons (Fsp3) is 0.455. The van der Waals surface area contributed by atoms with Crippen LogP contribution >= 0.6 is 0 Å². The molecule has 0 bridgehead atoms. The third kappa shape index (κ3) is 3.92. The smallest absolute Gasteiger partial charge is 0.170 e. The summed E-state index contributed by atoms with van der Waals surface area (Å²) in [6.07, 6.45) is 2.55. The monoisotopic (exact) mass is 238 g/mol. The summed E-state index contributed by atoms with van der Waals surface area (Å²) in [5.74, 6) is 0.865. The van der Waals surface area contributed by atoms with Crippen molar-refractivity contribution in [1.29, 1.82) is 0 Å². The lowest BCUT2D eigenvalue weighted by atomic mass is 10.2. The van der Waals surface area contributed by atoms with Crippen molar-refractivity contribution in [3.05, 3.63) is 23.9 Å². The van der Waals surface area contributed by atoms with E-state index in [1.54, 1.807) is 25.4 Å². The highest BCUT2D eigenvalue weighted by molar-refractivity contribution is 5.97. The molecule has 0 unspecified atom stereocenters. The number of hydrogen-bond acceptors (Lipinski definition) is 5. The van der Waals surface area contributed by atoms with E-state index in [0.29, 0.717) is 12.2 Å². The molecule has 0 aliphatic heterocycles. The van der Waals surface area contributed by atoms with Crippen LogP contribution in [0.5, 0.6) is 0 Å². The molecule has 0 atom stereocenters. The summed E-state index contributed by atoms with van der Waals surface area (Å²) in [6, 6.07) is 3.48. The van der Waals surface area contributed by atoms with Gasteiger partial charge in [0, 0.05) is 39.1 Å². The van der Waals surface area contributed by atoms with E-state index in [9.17, 15) is 0 Å². The van der Waals surface area contributed by atoms with Gasteiger partial charge in [-0.15, -0.1) is 0 Å². The van der Waals surface area contributed by atoms with Crippen molar-refractivity contribution in [2.24, 2.45) is 10.9 Å². The van der Waals surface area contributed by atoms with Crippen LogP contribution in [0.2, 0.25) is 0 Å². The van der Waals surface area contributed by atoms with Crippen LogP contribution in [0.3, 0.4) is 0 Å². The van der Waals surface area contributed by atoms with Crippen molar-refractivity contribution < 1.29 is 9.94 Å². The van der Waals surface area contributed by atoms with Crippen LogP contribution in [0.4, 0.5) is 5.82 Å². The van der Waals surface area contributed by atoms with Gasteiger partial charge in [-0.25, -0.2) is 4.98 Å². The quantitative estimate of drug-likeness (QED) is 0.250. The molecular weight excluding hydrogens is 220 g/mol. The Bertz CT molecular complexity index is 381. The van der Waals surface area contributed by atoms with Crippen molar-refractivity contribution in [3.63, 3.8) is 0 Å². The number of pyridine rings is 1. The highest BCUT2D eigenvalue weighted by Crippen LogP contribution is 2.11. The molecule has 17 heavy (non-hydrogen) atoms. The van der Waals surface area contributed by atoms with E-state index < -0.39 is 0 Å². The normalized spacial score (nSPS) is 11.5. The van der Waals surface area contributed by atoms with Gasteiger partial charge in [0.25, 0.3) is 0 Å². The molecule has 1 aromatic rings. The van der Waals surface area contributed by atoms with E-state index in [1.165, 1.54) is 0 Å². The largest absolute Gasteiger partial charge is 0.409 e. The SMILES string of the molecule is COCCCN(C)c1cc(C(N)=NO)ccn1. The van der Waals surface area contributed by atoms with Crippen LogP contribution in [0.25, 0.3) is 0 Å². The highest BCUT2D eigenvalue weighted by Gasteiger charge is 2.05. The summed E-state index contributed by atoms with van der Waals surface area (Å²) in [6.45, 7) is 1.55.